The number of amides is 1. The standard InChI is InChI=1S/C14H13FN2O3S/c1-7-3-4-9(5-10(7)15)8(2)16-12(18)13-17-11(6-21-13)14(19)20/h3-6,8H,1-2H3,(H,16,18)(H,19,20). The summed E-state index contributed by atoms with van der Waals surface area (Å²) < 4.78 is 13.5. The number of aryl methyl sites for hydroxylation is 1. The molecule has 0 radical (unpaired) electrons. The molecule has 0 saturated heterocycles. The summed E-state index contributed by atoms with van der Waals surface area (Å²) in [5.41, 5.74) is 0.990. The summed E-state index contributed by atoms with van der Waals surface area (Å²) in [6, 6.07) is 4.32. The number of aromatic carboxylic acids is 1. The van der Waals surface area contributed by atoms with Gasteiger partial charge in [0.25, 0.3) is 5.91 Å². The van der Waals surface area contributed by atoms with Gasteiger partial charge in [-0.05, 0) is 31.0 Å². The third kappa shape index (κ3) is 3.43. The second-order valence-electron chi connectivity index (χ2n) is 4.55. The van der Waals surface area contributed by atoms with E-state index in [1.54, 1.807) is 26.0 Å². The fourth-order valence-corrected chi connectivity index (χ4v) is 2.39. The molecule has 0 aliphatic rings. The molecule has 0 aliphatic carbocycles. The van der Waals surface area contributed by atoms with Crippen molar-refractivity contribution in [2.75, 3.05) is 0 Å². The highest BCUT2D eigenvalue weighted by atomic mass is 32.1. The summed E-state index contributed by atoms with van der Waals surface area (Å²) in [5.74, 6) is -2.00. The molecule has 1 heterocycles. The second kappa shape index (κ2) is 6.01. The number of carboxylic acids is 1. The fraction of sp³-hybridized carbons (Fsp3) is 0.214. The van der Waals surface area contributed by atoms with Crippen LogP contribution >= 0.6 is 11.3 Å². The van der Waals surface area contributed by atoms with Gasteiger partial charge in [-0.2, -0.15) is 0 Å². The molecule has 0 fully saturated rings. The van der Waals surface area contributed by atoms with Crippen molar-refractivity contribution >= 4 is 23.2 Å². The van der Waals surface area contributed by atoms with Gasteiger partial charge < -0.3 is 10.4 Å². The van der Waals surface area contributed by atoms with E-state index >= 15 is 0 Å². The molecule has 0 spiro atoms. The van der Waals surface area contributed by atoms with E-state index in [1.165, 1.54) is 11.4 Å². The van der Waals surface area contributed by atoms with Gasteiger partial charge in [0.05, 0.1) is 6.04 Å². The number of hydrogen-bond donors (Lipinski definition) is 2. The zero-order valence-electron chi connectivity index (χ0n) is 11.4. The van der Waals surface area contributed by atoms with Crippen LogP contribution in [0.4, 0.5) is 4.39 Å². The van der Waals surface area contributed by atoms with Crippen molar-refractivity contribution < 1.29 is 19.1 Å². The van der Waals surface area contributed by atoms with E-state index in [-0.39, 0.29) is 16.5 Å². The van der Waals surface area contributed by atoms with Gasteiger partial charge in [-0.15, -0.1) is 11.3 Å². The number of thiazole rings is 1. The van der Waals surface area contributed by atoms with Gasteiger partial charge in [-0.3, -0.25) is 4.79 Å². The first-order chi connectivity index (χ1) is 9.88. The molecule has 0 saturated carbocycles. The number of nitrogens with zero attached hydrogens (tertiary/aromatic N) is 1. The summed E-state index contributed by atoms with van der Waals surface area (Å²) >= 11 is 0.951. The quantitative estimate of drug-likeness (QED) is 0.910. The van der Waals surface area contributed by atoms with Crippen LogP contribution in [0, 0.1) is 12.7 Å². The topological polar surface area (TPSA) is 79.3 Å². The predicted molar refractivity (Wildman–Crippen MR) is 76.1 cm³/mol. The van der Waals surface area contributed by atoms with Crippen LogP contribution in [0.2, 0.25) is 0 Å². The highest BCUT2D eigenvalue weighted by Gasteiger charge is 2.17. The van der Waals surface area contributed by atoms with E-state index in [2.05, 4.69) is 10.3 Å². The number of nitrogens with one attached hydrogen (secondary N) is 1. The lowest BCUT2D eigenvalue weighted by molar-refractivity contribution is 0.0691. The van der Waals surface area contributed by atoms with Gasteiger partial charge in [-0.25, -0.2) is 14.2 Å². The average molecular weight is 308 g/mol. The molecule has 1 unspecified atom stereocenters. The van der Waals surface area contributed by atoms with Crippen molar-refractivity contribution in [3.63, 3.8) is 0 Å². The summed E-state index contributed by atoms with van der Waals surface area (Å²) in [5, 5.41) is 12.8. The van der Waals surface area contributed by atoms with Crippen molar-refractivity contribution in [2.24, 2.45) is 0 Å². The van der Waals surface area contributed by atoms with Crippen LogP contribution in [-0.4, -0.2) is 22.0 Å². The van der Waals surface area contributed by atoms with Crippen molar-refractivity contribution in [1.82, 2.24) is 10.3 Å². The largest absolute Gasteiger partial charge is 0.476 e. The molecule has 5 nitrogen and oxygen atoms in total. The number of benzene rings is 1. The molecule has 1 aromatic carbocycles. The van der Waals surface area contributed by atoms with Crippen molar-refractivity contribution in [3.05, 3.63) is 51.2 Å². The molecule has 2 aromatic rings. The first kappa shape index (κ1) is 15.1. The number of aromatic nitrogens is 1. The van der Waals surface area contributed by atoms with E-state index in [4.69, 9.17) is 5.11 Å². The Kier molecular flexibility index (Phi) is 4.32. The van der Waals surface area contributed by atoms with Gasteiger partial charge in [0.15, 0.2) is 10.7 Å². The van der Waals surface area contributed by atoms with E-state index in [0.29, 0.717) is 11.1 Å². The molecule has 21 heavy (non-hydrogen) atoms. The Morgan fingerprint density at radius 3 is 2.71 bits per heavy atom. The normalized spacial score (nSPS) is 12.0. The highest BCUT2D eigenvalue weighted by Crippen LogP contribution is 2.17. The van der Waals surface area contributed by atoms with Crippen LogP contribution < -0.4 is 5.32 Å². The number of halogens is 1. The summed E-state index contributed by atoms with van der Waals surface area (Å²) in [6.07, 6.45) is 0. The SMILES string of the molecule is Cc1ccc(C(C)NC(=O)c2nc(C(=O)O)cs2)cc1F. The van der Waals surface area contributed by atoms with E-state index in [9.17, 15) is 14.0 Å². The Morgan fingerprint density at radius 2 is 2.14 bits per heavy atom. The summed E-state index contributed by atoms with van der Waals surface area (Å²) in [4.78, 5) is 26.4. The number of hydrogen-bond acceptors (Lipinski definition) is 4. The molecule has 2 N–H and O–H groups in total. The van der Waals surface area contributed by atoms with Crippen LogP contribution in [0.3, 0.4) is 0 Å². The number of carboxylic acid groups (broad SMARTS) is 1. The number of carbonyl (C=O) groups excluding carboxylic acids is 1. The molecule has 1 aromatic heterocycles. The van der Waals surface area contributed by atoms with Crippen molar-refractivity contribution in [1.29, 1.82) is 0 Å². The lowest BCUT2D eigenvalue weighted by atomic mass is 10.1. The third-order valence-electron chi connectivity index (χ3n) is 2.96. The Morgan fingerprint density at radius 1 is 1.43 bits per heavy atom. The van der Waals surface area contributed by atoms with Crippen LogP contribution in [0.5, 0.6) is 0 Å². The van der Waals surface area contributed by atoms with Crippen LogP contribution in [0.15, 0.2) is 23.6 Å². The Labute approximate surface area is 124 Å². The van der Waals surface area contributed by atoms with E-state index in [1.807, 2.05) is 0 Å². The lowest BCUT2D eigenvalue weighted by Crippen LogP contribution is -2.26. The first-order valence-electron chi connectivity index (χ1n) is 6.14. The fourth-order valence-electron chi connectivity index (χ4n) is 1.70. The molecule has 1 atom stereocenters. The Hall–Kier alpha value is -2.28. The smallest absolute Gasteiger partial charge is 0.355 e. The molecule has 1 amide bonds. The molecule has 0 bridgehead atoms. The zero-order valence-corrected chi connectivity index (χ0v) is 12.2. The number of carbonyl (C=O) groups is 2. The maximum atomic E-state index is 13.5. The van der Waals surface area contributed by atoms with Gasteiger partial charge in [0.2, 0.25) is 0 Å². The molecular formula is C14H13FN2O3S. The van der Waals surface area contributed by atoms with Gasteiger partial charge in [-0.1, -0.05) is 12.1 Å². The van der Waals surface area contributed by atoms with E-state index in [0.717, 1.165) is 11.3 Å². The monoisotopic (exact) mass is 308 g/mol. The maximum Gasteiger partial charge on any atom is 0.355 e. The van der Waals surface area contributed by atoms with Gasteiger partial charge in [0.1, 0.15) is 5.82 Å². The van der Waals surface area contributed by atoms with Crippen LogP contribution in [0.1, 0.15) is 44.4 Å². The lowest BCUT2D eigenvalue weighted by Gasteiger charge is -2.14. The molecule has 2 rings (SSSR count). The van der Waals surface area contributed by atoms with Crippen LogP contribution in [0.25, 0.3) is 0 Å². The molecule has 0 aliphatic heterocycles. The zero-order chi connectivity index (χ0) is 15.6. The minimum atomic E-state index is -1.18. The molecular weight excluding hydrogens is 295 g/mol. The molecule has 7 heteroatoms. The van der Waals surface area contributed by atoms with Crippen molar-refractivity contribution in [3.8, 4) is 0 Å². The minimum Gasteiger partial charge on any atom is -0.476 e. The van der Waals surface area contributed by atoms with Gasteiger partial charge >= 0.3 is 5.97 Å². The van der Waals surface area contributed by atoms with Crippen LogP contribution in [-0.2, 0) is 0 Å². The van der Waals surface area contributed by atoms with Gasteiger partial charge in [0, 0.05) is 5.38 Å². The predicted octanol–water partition coefficient (Wildman–Crippen LogP) is 2.78. The molecule has 110 valence electrons. The number of rotatable bonds is 4. The maximum absolute atomic E-state index is 13.5. The Bertz CT molecular complexity index is 699. The summed E-state index contributed by atoms with van der Waals surface area (Å²) in [6.45, 7) is 3.37. The van der Waals surface area contributed by atoms with Crippen molar-refractivity contribution in [2.45, 2.75) is 19.9 Å². The Balaban J connectivity index is 2.10. The minimum absolute atomic E-state index is 0.0619. The highest BCUT2D eigenvalue weighted by molar-refractivity contribution is 7.11. The second-order valence-corrected chi connectivity index (χ2v) is 5.40. The first-order valence-corrected chi connectivity index (χ1v) is 7.02. The third-order valence-corrected chi connectivity index (χ3v) is 3.80. The van der Waals surface area contributed by atoms with E-state index < -0.39 is 17.9 Å². The average Bonchev–Trinajstić information content (AvgIpc) is 2.91. The summed E-state index contributed by atoms with van der Waals surface area (Å²) in [7, 11) is 0.